The molecule has 15 N–H and O–H groups in total. The first-order chi connectivity index (χ1) is 39.3. The molecule has 0 amide bonds. The second-order valence-corrected chi connectivity index (χ2v) is 26.4. The average Bonchev–Trinajstić information content (AvgIpc) is 1.76. The Morgan fingerprint density at radius 1 is 0.518 bits per heavy atom. The van der Waals surface area contributed by atoms with Crippen molar-refractivity contribution in [3.05, 3.63) is 0 Å². The Balaban J connectivity index is 0.834. The van der Waals surface area contributed by atoms with Gasteiger partial charge in [-0.25, -0.2) is 0 Å². The van der Waals surface area contributed by atoms with E-state index in [0.29, 0.717) is 19.3 Å². The van der Waals surface area contributed by atoms with E-state index in [4.69, 9.17) is 56.8 Å². The van der Waals surface area contributed by atoms with E-state index in [0.717, 1.165) is 25.7 Å². The van der Waals surface area contributed by atoms with E-state index in [1.165, 1.54) is 6.92 Å². The first kappa shape index (κ1) is 63.0. The van der Waals surface area contributed by atoms with E-state index >= 15 is 0 Å². The minimum Gasteiger partial charge on any atom is -0.430 e. The fraction of sp³-hybridized carbons (Fsp3) is 0.982. The molecule has 11 fully saturated rings. The highest BCUT2D eigenvalue weighted by Gasteiger charge is 2.75. The van der Waals surface area contributed by atoms with Crippen LogP contribution in [0.3, 0.4) is 0 Å². The van der Waals surface area contributed by atoms with Crippen molar-refractivity contribution in [3.63, 3.8) is 0 Å². The lowest BCUT2D eigenvalue weighted by Crippen LogP contribution is -2.68. The molecule has 4 saturated carbocycles. The third kappa shape index (κ3) is 10.7. The van der Waals surface area contributed by atoms with Crippen LogP contribution in [0.15, 0.2) is 0 Å². The van der Waals surface area contributed by atoms with Crippen molar-refractivity contribution < 1.29 is 138 Å². The second-order valence-electron chi connectivity index (χ2n) is 26.4. The predicted octanol–water partition coefficient (Wildman–Crippen LogP) is -5.31. The molecule has 476 valence electrons. The fourth-order valence-electron chi connectivity index (χ4n) is 17.1. The van der Waals surface area contributed by atoms with Crippen LogP contribution in [0, 0.1) is 52.3 Å². The Hall–Kier alpha value is -1.57. The van der Waals surface area contributed by atoms with Gasteiger partial charge in [-0.15, -0.1) is 0 Å². The van der Waals surface area contributed by atoms with Crippen LogP contribution in [0.2, 0.25) is 0 Å². The largest absolute Gasteiger partial charge is 0.430 e. The van der Waals surface area contributed by atoms with Gasteiger partial charge in [0.2, 0.25) is 5.79 Å². The number of hydrogen-bond acceptors (Lipinski definition) is 28. The average molecular weight is 1200 g/mol. The van der Waals surface area contributed by atoms with Crippen molar-refractivity contribution in [2.45, 2.75) is 258 Å². The summed E-state index contributed by atoms with van der Waals surface area (Å²) in [6.07, 6.45) is -38.0. The number of fused-ring (bicyclic) bond motifs is 7. The van der Waals surface area contributed by atoms with Gasteiger partial charge in [0.15, 0.2) is 31.5 Å². The maximum atomic E-state index is 12.9. The smallest absolute Gasteiger partial charge is 0.311 e. The zero-order valence-electron chi connectivity index (χ0n) is 47.1. The summed E-state index contributed by atoms with van der Waals surface area (Å²) in [5.41, 5.74) is -0.576. The summed E-state index contributed by atoms with van der Waals surface area (Å²) in [5, 5.41) is 166. The van der Waals surface area contributed by atoms with E-state index in [-0.39, 0.29) is 52.8 Å². The molecule has 0 radical (unpaired) electrons. The van der Waals surface area contributed by atoms with Crippen LogP contribution in [0.1, 0.15) is 86.0 Å². The minimum absolute atomic E-state index is 0.107. The Kier molecular flexibility index (Phi) is 18.2. The van der Waals surface area contributed by atoms with Gasteiger partial charge in [-0.05, 0) is 92.8 Å². The number of ether oxygens (including phenoxy) is 12. The van der Waals surface area contributed by atoms with Crippen molar-refractivity contribution >= 4 is 5.97 Å². The Bertz CT molecular complexity index is 2240. The second kappa shape index (κ2) is 24.0. The van der Waals surface area contributed by atoms with Crippen LogP contribution in [0.4, 0.5) is 0 Å². The molecule has 4 aliphatic carbocycles. The number of hydrogen-bond donors (Lipinski definition) is 15. The summed E-state index contributed by atoms with van der Waals surface area (Å²) in [5.74, 6) is -2.62. The van der Waals surface area contributed by atoms with Gasteiger partial charge < -0.3 is 133 Å². The van der Waals surface area contributed by atoms with Gasteiger partial charge in [0.1, 0.15) is 110 Å². The molecule has 0 aromatic heterocycles. The van der Waals surface area contributed by atoms with E-state index in [1.807, 2.05) is 6.92 Å². The number of carbonyl (C=O) groups is 1. The molecule has 7 aliphatic heterocycles. The predicted molar refractivity (Wildman–Crippen MR) is 270 cm³/mol. The van der Waals surface area contributed by atoms with Crippen molar-refractivity contribution in [2.24, 2.45) is 52.3 Å². The maximum Gasteiger partial charge on any atom is 0.311 e. The molecule has 0 aromatic carbocycles. The van der Waals surface area contributed by atoms with Gasteiger partial charge >= 0.3 is 5.97 Å². The Morgan fingerprint density at radius 3 is 1.75 bits per heavy atom. The number of esters is 1. The summed E-state index contributed by atoms with van der Waals surface area (Å²) >= 11 is 0. The van der Waals surface area contributed by atoms with Gasteiger partial charge in [0.05, 0.1) is 56.8 Å². The van der Waals surface area contributed by atoms with Crippen LogP contribution in [0.25, 0.3) is 0 Å². The van der Waals surface area contributed by atoms with Crippen LogP contribution < -0.4 is 0 Å². The molecule has 28 nitrogen and oxygen atoms in total. The molecule has 0 aromatic rings. The highest BCUT2D eigenvalue weighted by atomic mass is 16.8. The van der Waals surface area contributed by atoms with Crippen molar-refractivity contribution in [1.29, 1.82) is 0 Å². The van der Waals surface area contributed by atoms with Crippen LogP contribution in [0.5, 0.6) is 0 Å². The number of carbonyl (C=O) groups excluding carboxylic acids is 1. The van der Waals surface area contributed by atoms with E-state index in [1.54, 1.807) is 6.92 Å². The van der Waals surface area contributed by atoms with E-state index < -0.39 is 210 Å². The zero-order valence-corrected chi connectivity index (χ0v) is 47.1. The van der Waals surface area contributed by atoms with Crippen molar-refractivity contribution in [2.75, 3.05) is 26.4 Å². The minimum atomic E-state index is -1.96. The summed E-state index contributed by atoms with van der Waals surface area (Å²) in [7, 11) is 0. The summed E-state index contributed by atoms with van der Waals surface area (Å²) in [6, 6.07) is 0. The van der Waals surface area contributed by atoms with Gasteiger partial charge in [-0.2, -0.15) is 0 Å². The topological polar surface area (TPSA) is 431 Å². The Morgan fingerprint density at radius 2 is 1.10 bits per heavy atom. The van der Waals surface area contributed by atoms with Gasteiger partial charge in [-0.3, -0.25) is 4.79 Å². The third-order valence-corrected chi connectivity index (χ3v) is 21.7. The molecule has 7 saturated heterocycles. The highest BCUT2D eigenvalue weighted by Crippen LogP contribution is 2.71. The molecule has 7 heterocycles. The molecule has 11 rings (SSSR count). The zero-order chi connectivity index (χ0) is 59.7. The van der Waals surface area contributed by atoms with Crippen LogP contribution >= 0.6 is 0 Å². The lowest BCUT2D eigenvalue weighted by atomic mass is 9.44. The normalized spacial score (nSPS) is 58.2. The molecule has 0 bridgehead atoms. The number of rotatable bonds is 12. The summed E-state index contributed by atoms with van der Waals surface area (Å²) in [6.45, 7) is 6.71. The first-order valence-electron chi connectivity index (χ1n) is 29.7. The quantitative estimate of drug-likeness (QED) is 0.0641. The monoisotopic (exact) mass is 1200 g/mol. The van der Waals surface area contributed by atoms with Gasteiger partial charge in [0, 0.05) is 11.8 Å². The molecule has 37 atom stereocenters. The number of aliphatic hydroxyl groups excluding tert-OH is 15. The molecule has 83 heavy (non-hydrogen) atoms. The molecular formula is C55H88O28. The Labute approximate surface area is 479 Å². The van der Waals surface area contributed by atoms with Gasteiger partial charge in [-0.1, -0.05) is 27.7 Å². The standard InChI is InChI=1S/C55H88O28/c1-18-12-29(60)55(83-47(18)71)19(2)30-43(82-55)36(65)31-23-7-6-21-13-22(8-10-53(21,4)24(23)9-11-54(30,31)5)75-51-45(80-50-40(69)37(66)32(61)20(3)74-50)41(70)42(28(15-57)77-51)78-52-46(81-49-39(68)34(63)26(59)17-73-49)44(35(64)27(14-56)76-52)79-48-38(67)33(62)25(58)16-72-48/h18-46,48-52,56-70H,6-17H2,1-5H3/t18-,19+,20+,21+,22+,23-,24+,25-,26+,27-,28-,29+,30+,31-,32+,33+,34+,35-,36-,37-,38-,39-,40-,41+,42+,43-,44+,45-,46-,48+,49+,50+,51-,52+,53+,54+,55-/m1/s1. The molecule has 11 aliphatic rings. The van der Waals surface area contributed by atoms with E-state index in [9.17, 15) is 81.4 Å². The number of aliphatic hydroxyl groups is 15. The lowest BCUT2D eigenvalue weighted by molar-refractivity contribution is -0.408. The first-order valence-corrected chi connectivity index (χ1v) is 29.7. The SMILES string of the molecule is C[C@@H]1C[C@H](O)[C@@]2(OC1=O)O[C@H]1[C@H](O)[C@H]3[C@@H]4CC[C@H]5C[C@@H](O[C@@H]6O[C@H](CO)[C@H](O[C@@H]7O[C@H](CO)[C@@H](O)[C@H](O[C@@H]8OC[C@@H](O)[C@H](O)[C@H]8O)[C@H]7O[C@@H]7OC[C@H](O)[C@H](O)[C@H]7O)[C@H](O)[C@H]6O[C@@H]6O[C@@H](C)[C@H](O)[C@@H](O)[C@H]6O)CC[C@]5(C)[C@H]4CC[C@@]3(C)[C@H]1[C@@H]2C. The summed E-state index contributed by atoms with van der Waals surface area (Å²) in [4.78, 5) is 12.9. The molecule has 0 unspecified atom stereocenters. The lowest BCUT2D eigenvalue weighted by Gasteiger charge is -2.61. The third-order valence-electron chi connectivity index (χ3n) is 21.7. The molecular weight excluding hydrogens is 1110 g/mol. The molecule has 1 spiro atoms. The van der Waals surface area contributed by atoms with Gasteiger partial charge in [0.25, 0.3) is 0 Å². The van der Waals surface area contributed by atoms with Crippen LogP contribution in [-0.2, 0) is 61.6 Å². The van der Waals surface area contributed by atoms with E-state index in [2.05, 4.69) is 13.8 Å². The molecule has 28 heteroatoms. The van der Waals surface area contributed by atoms with Crippen molar-refractivity contribution in [1.82, 2.24) is 0 Å². The van der Waals surface area contributed by atoms with Crippen molar-refractivity contribution in [3.8, 4) is 0 Å². The highest BCUT2D eigenvalue weighted by molar-refractivity contribution is 5.73. The van der Waals surface area contributed by atoms with Crippen LogP contribution in [-0.4, -0.2) is 281 Å². The summed E-state index contributed by atoms with van der Waals surface area (Å²) < 4.78 is 73.5. The maximum absolute atomic E-state index is 12.9. The fourth-order valence-corrected chi connectivity index (χ4v) is 17.1.